The van der Waals surface area contributed by atoms with Gasteiger partial charge in [-0.2, -0.15) is 4.98 Å². The molecule has 1 aliphatic rings. The van der Waals surface area contributed by atoms with Crippen LogP contribution in [0.15, 0.2) is 0 Å². The molecule has 2 rings (SSSR count). The van der Waals surface area contributed by atoms with Gasteiger partial charge >= 0.3 is 0 Å². The molecule has 19 heavy (non-hydrogen) atoms. The van der Waals surface area contributed by atoms with Gasteiger partial charge in [0.1, 0.15) is 0 Å². The van der Waals surface area contributed by atoms with Crippen LogP contribution in [0.3, 0.4) is 0 Å². The highest BCUT2D eigenvalue weighted by Crippen LogP contribution is 2.14. The molecule has 0 bridgehead atoms. The summed E-state index contributed by atoms with van der Waals surface area (Å²) in [6.45, 7) is 9.88. The van der Waals surface area contributed by atoms with Gasteiger partial charge in [0.25, 0.3) is 0 Å². The van der Waals surface area contributed by atoms with Gasteiger partial charge in [0.05, 0.1) is 0 Å². The maximum atomic E-state index is 5.52. The van der Waals surface area contributed by atoms with Crippen LogP contribution in [-0.2, 0) is 0 Å². The van der Waals surface area contributed by atoms with E-state index in [1.54, 1.807) is 0 Å². The number of nitrogen functional groups attached to an aromatic ring is 1. The average Bonchev–Trinajstić information content (AvgIpc) is 2.77. The smallest absolute Gasteiger partial charge is 0.243 e. The Labute approximate surface area is 114 Å². The second-order valence-corrected chi connectivity index (χ2v) is 5.58. The Balaban J connectivity index is 1.89. The molecule has 0 radical (unpaired) electrons. The van der Waals surface area contributed by atoms with E-state index < -0.39 is 0 Å². The van der Waals surface area contributed by atoms with Crippen molar-refractivity contribution in [1.82, 2.24) is 25.0 Å². The van der Waals surface area contributed by atoms with Crippen molar-refractivity contribution in [2.45, 2.75) is 19.9 Å². The molecule has 1 fully saturated rings. The van der Waals surface area contributed by atoms with Crippen molar-refractivity contribution in [3.05, 3.63) is 0 Å². The zero-order chi connectivity index (χ0) is 13.8. The molecule has 0 spiro atoms. The van der Waals surface area contributed by atoms with Crippen LogP contribution in [0.4, 0.5) is 11.9 Å². The molecule has 1 aliphatic heterocycles. The molecule has 1 aromatic rings. The zero-order valence-corrected chi connectivity index (χ0v) is 12.1. The lowest BCUT2D eigenvalue weighted by molar-refractivity contribution is 0.0943. The average molecular weight is 267 g/mol. The third-order valence-electron chi connectivity index (χ3n) is 3.75. The summed E-state index contributed by atoms with van der Waals surface area (Å²) in [6.07, 6.45) is 0. The van der Waals surface area contributed by atoms with Crippen LogP contribution in [0.2, 0.25) is 0 Å². The molecule has 1 aromatic heterocycles. The molecular formula is C12H25N7. The van der Waals surface area contributed by atoms with Gasteiger partial charge < -0.3 is 16.0 Å². The van der Waals surface area contributed by atoms with E-state index in [-0.39, 0.29) is 0 Å². The SMILES string of the molecule is CC(C)C(CNc1n[nH]c(N)n1)N1CCN(C)CC1. The minimum Gasteiger partial charge on any atom is -0.368 e. The number of H-pyrrole nitrogens is 1. The van der Waals surface area contributed by atoms with Crippen LogP contribution in [0.1, 0.15) is 13.8 Å². The Hall–Kier alpha value is -1.34. The first kappa shape index (κ1) is 14.1. The summed E-state index contributed by atoms with van der Waals surface area (Å²) in [6, 6.07) is 0.494. The van der Waals surface area contributed by atoms with E-state index in [1.807, 2.05) is 0 Å². The molecule has 1 saturated heterocycles. The fourth-order valence-electron chi connectivity index (χ4n) is 2.49. The Morgan fingerprint density at radius 1 is 1.32 bits per heavy atom. The van der Waals surface area contributed by atoms with Gasteiger partial charge in [-0.25, -0.2) is 5.10 Å². The normalized spacial score (nSPS) is 19.8. The van der Waals surface area contributed by atoms with Crippen LogP contribution in [-0.4, -0.2) is 70.8 Å². The second kappa shape index (κ2) is 6.21. The maximum Gasteiger partial charge on any atom is 0.243 e. The van der Waals surface area contributed by atoms with Crippen molar-refractivity contribution in [3.8, 4) is 0 Å². The molecule has 0 amide bonds. The molecule has 7 heteroatoms. The third kappa shape index (κ3) is 3.81. The number of likely N-dealkylation sites (N-methyl/N-ethyl adjacent to an activating group) is 1. The summed E-state index contributed by atoms with van der Waals surface area (Å²) in [4.78, 5) is 8.99. The fourth-order valence-corrected chi connectivity index (χ4v) is 2.49. The number of piperazine rings is 1. The number of rotatable bonds is 5. The molecule has 1 unspecified atom stereocenters. The zero-order valence-electron chi connectivity index (χ0n) is 12.1. The summed E-state index contributed by atoms with van der Waals surface area (Å²) in [5, 5.41) is 9.91. The summed E-state index contributed by atoms with van der Waals surface area (Å²) < 4.78 is 0. The number of hydrogen-bond donors (Lipinski definition) is 3. The summed E-state index contributed by atoms with van der Waals surface area (Å²) in [5.74, 6) is 1.52. The third-order valence-corrected chi connectivity index (χ3v) is 3.75. The minimum atomic E-state index is 0.350. The van der Waals surface area contributed by atoms with Gasteiger partial charge in [0.15, 0.2) is 0 Å². The molecule has 7 nitrogen and oxygen atoms in total. The van der Waals surface area contributed by atoms with E-state index in [2.05, 4.69) is 51.2 Å². The quantitative estimate of drug-likeness (QED) is 0.700. The van der Waals surface area contributed by atoms with E-state index in [9.17, 15) is 0 Å². The lowest BCUT2D eigenvalue weighted by Gasteiger charge is -2.39. The lowest BCUT2D eigenvalue weighted by atomic mass is 10.0. The molecule has 4 N–H and O–H groups in total. The highest BCUT2D eigenvalue weighted by Gasteiger charge is 2.24. The number of nitrogens with one attached hydrogen (secondary N) is 2. The Morgan fingerprint density at radius 2 is 2.00 bits per heavy atom. The van der Waals surface area contributed by atoms with Gasteiger partial charge in [0, 0.05) is 38.8 Å². The summed E-state index contributed by atoms with van der Waals surface area (Å²) in [7, 11) is 2.18. The molecule has 0 aliphatic carbocycles. The predicted octanol–water partition coefficient (Wildman–Crippen LogP) is 0.0708. The molecule has 2 heterocycles. The molecule has 108 valence electrons. The first-order valence-electron chi connectivity index (χ1n) is 6.90. The highest BCUT2D eigenvalue weighted by molar-refractivity contribution is 5.29. The fraction of sp³-hybridized carbons (Fsp3) is 0.833. The second-order valence-electron chi connectivity index (χ2n) is 5.58. The molecule has 0 saturated carbocycles. The Kier molecular flexibility index (Phi) is 4.60. The van der Waals surface area contributed by atoms with Crippen LogP contribution in [0, 0.1) is 5.92 Å². The van der Waals surface area contributed by atoms with E-state index in [0.717, 1.165) is 32.7 Å². The standard InChI is InChI=1S/C12H25N7/c1-9(2)10(19-6-4-18(3)5-7-19)8-14-12-15-11(13)16-17-12/h9-10H,4-8H2,1-3H3,(H4,13,14,15,16,17). The number of aromatic nitrogens is 3. The first-order valence-corrected chi connectivity index (χ1v) is 6.90. The topological polar surface area (TPSA) is 86.1 Å². The number of nitrogens with two attached hydrogens (primary N) is 1. The van der Waals surface area contributed by atoms with Crippen molar-refractivity contribution in [3.63, 3.8) is 0 Å². The van der Waals surface area contributed by atoms with Gasteiger partial charge in [-0.05, 0) is 13.0 Å². The van der Waals surface area contributed by atoms with E-state index in [1.165, 1.54) is 0 Å². The number of aromatic amines is 1. The molecule has 1 atom stereocenters. The number of anilines is 2. The van der Waals surface area contributed by atoms with Gasteiger partial charge in [-0.3, -0.25) is 4.90 Å². The van der Waals surface area contributed by atoms with Gasteiger partial charge in [-0.1, -0.05) is 13.8 Å². The molecule has 0 aromatic carbocycles. The number of nitrogens with zero attached hydrogens (tertiary/aromatic N) is 4. The van der Waals surface area contributed by atoms with Crippen LogP contribution in [0.5, 0.6) is 0 Å². The lowest BCUT2D eigenvalue weighted by Crippen LogP contribution is -2.52. The van der Waals surface area contributed by atoms with E-state index in [4.69, 9.17) is 5.73 Å². The van der Waals surface area contributed by atoms with Crippen LogP contribution < -0.4 is 11.1 Å². The predicted molar refractivity (Wildman–Crippen MR) is 77.0 cm³/mol. The Bertz CT molecular complexity index is 381. The van der Waals surface area contributed by atoms with Crippen LogP contribution in [0.25, 0.3) is 0 Å². The van der Waals surface area contributed by atoms with Gasteiger partial charge in [0.2, 0.25) is 11.9 Å². The van der Waals surface area contributed by atoms with Crippen molar-refractivity contribution in [2.75, 3.05) is 50.8 Å². The van der Waals surface area contributed by atoms with Gasteiger partial charge in [-0.15, -0.1) is 5.10 Å². The maximum absolute atomic E-state index is 5.52. The van der Waals surface area contributed by atoms with E-state index >= 15 is 0 Å². The summed E-state index contributed by atoms with van der Waals surface area (Å²) in [5.41, 5.74) is 5.52. The van der Waals surface area contributed by atoms with Crippen LogP contribution >= 0.6 is 0 Å². The summed E-state index contributed by atoms with van der Waals surface area (Å²) >= 11 is 0. The molecular weight excluding hydrogens is 242 g/mol. The van der Waals surface area contributed by atoms with Crippen molar-refractivity contribution in [2.24, 2.45) is 5.92 Å². The minimum absolute atomic E-state index is 0.350. The Morgan fingerprint density at radius 3 is 2.53 bits per heavy atom. The van der Waals surface area contributed by atoms with E-state index in [0.29, 0.717) is 23.9 Å². The van der Waals surface area contributed by atoms with Crippen molar-refractivity contribution < 1.29 is 0 Å². The van der Waals surface area contributed by atoms with Crippen molar-refractivity contribution in [1.29, 1.82) is 0 Å². The number of hydrogen-bond acceptors (Lipinski definition) is 6. The highest BCUT2D eigenvalue weighted by atomic mass is 15.3. The van der Waals surface area contributed by atoms with Crippen molar-refractivity contribution >= 4 is 11.9 Å². The monoisotopic (exact) mass is 267 g/mol. The first-order chi connectivity index (χ1) is 9.06. The largest absolute Gasteiger partial charge is 0.368 e.